The second kappa shape index (κ2) is 7.88. The van der Waals surface area contributed by atoms with E-state index in [2.05, 4.69) is 23.2 Å². The molecule has 0 saturated heterocycles. The largest absolute Gasteiger partial charge is 0.497 e. The highest BCUT2D eigenvalue weighted by atomic mass is 32.1. The maximum atomic E-state index is 13.0. The minimum atomic E-state index is -0.287. The maximum Gasteiger partial charge on any atom is 0.268 e. The highest BCUT2D eigenvalue weighted by Gasteiger charge is 2.23. The smallest absolute Gasteiger partial charge is 0.268 e. The third kappa shape index (κ3) is 3.61. The Kier molecular flexibility index (Phi) is 5.29. The Morgan fingerprint density at radius 1 is 1.31 bits per heavy atom. The quantitative estimate of drug-likeness (QED) is 0.666. The molecule has 1 aromatic carbocycles. The van der Waals surface area contributed by atoms with Gasteiger partial charge in [-0.3, -0.25) is 9.69 Å². The van der Waals surface area contributed by atoms with Gasteiger partial charge in [0.05, 0.1) is 25.6 Å². The monoisotopic (exact) mass is 412 g/mol. The zero-order valence-electron chi connectivity index (χ0n) is 16.7. The zero-order valence-corrected chi connectivity index (χ0v) is 17.6. The number of nitrogens with zero attached hydrogens (tertiary/aromatic N) is 2. The van der Waals surface area contributed by atoms with Crippen molar-refractivity contribution in [3.05, 3.63) is 40.4 Å². The summed E-state index contributed by atoms with van der Waals surface area (Å²) in [4.78, 5) is 21.4. The van der Waals surface area contributed by atoms with Gasteiger partial charge in [-0.15, -0.1) is 11.3 Å². The Labute approximate surface area is 173 Å². The first-order chi connectivity index (χ1) is 14.0. The Morgan fingerprint density at radius 2 is 2.14 bits per heavy atom. The summed E-state index contributed by atoms with van der Waals surface area (Å²) in [6, 6.07) is 7.33. The number of hydrogen-bond acceptors (Lipinski definition) is 7. The van der Waals surface area contributed by atoms with Crippen LogP contribution in [0.1, 0.15) is 27.9 Å². The Hall–Kier alpha value is -2.84. The number of carbonyl (C=O) groups excluding carboxylic acids is 1. The predicted octanol–water partition coefficient (Wildman–Crippen LogP) is 3.53. The molecule has 0 bridgehead atoms. The van der Waals surface area contributed by atoms with Crippen molar-refractivity contribution in [3.8, 4) is 11.5 Å². The first-order valence-corrected chi connectivity index (χ1v) is 10.3. The minimum Gasteiger partial charge on any atom is -0.497 e. The normalized spacial score (nSPS) is 13.9. The van der Waals surface area contributed by atoms with Crippen molar-refractivity contribution in [1.29, 1.82) is 0 Å². The first kappa shape index (κ1) is 19.5. The lowest BCUT2D eigenvalue weighted by Crippen LogP contribution is -2.30. The zero-order chi connectivity index (χ0) is 20.5. The standard InChI is InChI=1S/C21H24N4O3S/c1-4-25-8-7-15-12(11-25)9-14-18(22)19(29-21(14)24-15)20(26)23-16-10-13(27-2)5-6-17(16)28-3/h5-6,9-10H,4,7-8,11,22H2,1-3H3,(H,23,26). The molecule has 3 N–H and O–H groups in total. The molecular weight excluding hydrogens is 388 g/mol. The number of ether oxygens (including phenoxy) is 2. The number of nitrogens with one attached hydrogen (secondary N) is 1. The van der Waals surface area contributed by atoms with Crippen molar-refractivity contribution in [2.24, 2.45) is 0 Å². The van der Waals surface area contributed by atoms with Gasteiger partial charge in [-0.2, -0.15) is 0 Å². The van der Waals surface area contributed by atoms with Crippen molar-refractivity contribution < 1.29 is 14.3 Å². The third-order valence-electron chi connectivity index (χ3n) is 5.26. The van der Waals surface area contributed by atoms with E-state index in [0.29, 0.717) is 27.8 Å². The molecule has 1 amide bonds. The van der Waals surface area contributed by atoms with Crippen LogP contribution in [0.4, 0.5) is 11.4 Å². The summed E-state index contributed by atoms with van der Waals surface area (Å²) in [5.41, 5.74) is 9.65. The van der Waals surface area contributed by atoms with Gasteiger partial charge >= 0.3 is 0 Å². The first-order valence-electron chi connectivity index (χ1n) is 9.50. The van der Waals surface area contributed by atoms with E-state index in [1.165, 1.54) is 16.9 Å². The molecule has 0 unspecified atom stereocenters. The van der Waals surface area contributed by atoms with E-state index in [1.54, 1.807) is 32.4 Å². The Morgan fingerprint density at radius 3 is 2.86 bits per heavy atom. The maximum absolute atomic E-state index is 13.0. The van der Waals surface area contributed by atoms with Crippen LogP contribution in [-0.4, -0.2) is 43.1 Å². The SMILES string of the molecule is CCN1CCc2nc3sc(C(=O)Nc4cc(OC)ccc4OC)c(N)c3cc2C1. The van der Waals surface area contributed by atoms with Crippen LogP contribution in [0.2, 0.25) is 0 Å². The summed E-state index contributed by atoms with van der Waals surface area (Å²) >= 11 is 1.32. The van der Waals surface area contributed by atoms with Gasteiger partial charge in [0.1, 0.15) is 21.2 Å². The molecule has 2 aromatic heterocycles. The number of pyridine rings is 1. The molecule has 3 heterocycles. The molecule has 8 heteroatoms. The molecule has 152 valence electrons. The van der Waals surface area contributed by atoms with Gasteiger partial charge < -0.3 is 20.5 Å². The Balaban J connectivity index is 1.68. The lowest BCUT2D eigenvalue weighted by molar-refractivity contribution is 0.103. The summed E-state index contributed by atoms with van der Waals surface area (Å²) < 4.78 is 10.6. The van der Waals surface area contributed by atoms with Crippen LogP contribution in [0.3, 0.4) is 0 Å². The molecule has 1 aliphatic heterocycles. The van der Waals surface area contributed by atoms with E-state index < -0.39 is 0 Å². The van der Waals surface area contributed by atoms with Gasteiger partial charge in [0.15, 0.2) is 0 Å². The molecule has 0 aliphatic carbocycles. The minimum absolute atomic E-state index is 0.287. The van der Waals surface area contributed by atoms with Crippen LogP contribution >= 0.6 is 11.3 Å². The van der Waals surface area contributed by atoms with Crippen molar-refractivity contribution in [3.63, 3.8) is 0 Å². The van der Waals surface area contributed by atoms with Gasteiger partial charge in [0, 0.05) is 36.7 Å². The van der Waals surface area contributed by atoms with Crippen molar-refractivity contribution >= 4 is 38.8 Å². The van der Waals surface area contributed by atoms with E-state index in [1.807, 2.05) is 0 Å². The Bertz CT molecular complexity index is 1080. The number of rotatable bonds is 5. The summed E-state index contributed by atoms with van der Waals surface area (Å²) in [5.74, 6) is 0.887. The molecule has 0 atom stereocenters. The number of aromatic nitrogens is 1. The van der Waals surface area contributed by atoms with Gasteiger partial charge in [-0.25, -0.2) is 4.98 Å². The van der Waals surface area contributed by atoms with E-state index in [9.17, 15) is 4.79 Å². The summed E-state index contributed by atoms with van der Waals surface area (Å²) in [7, 11) is 3.13. The molecule has 7 nitrogen and oxygen atoms in total. The molecule has 4 rings (SSSR count). The molecule has 3 aromatic rings. The third-order valence-corrected chi connectivity index (χ3v) is 6.37. The number of anilines is 2. The fourth-order valence-electron chi connectivity index (χ4n) is 3.59. The van der Waals surface area contributed by atoms with Crippen LogP contribution in [0.5, 0.6) is 11.5 Å². The number of likely N-dealkylation sites (N-methyl/N-ethyl adjacent to an activating group) is 1. The number of carbonyl (C=O) groups is 1. The van der Waals surface area contributed by atoms with Gasteiger partial charge in [-0.1, -0.05) is 6.92 Å². The number of methoxy groups -OCH3 is 2. The number of nitrogen functional groups attached to an aromatic ring is 1. The van der Waals surface area contributed by atoms with E-state index in [4.69, 9.17) is 20.2 Å². The van der Waals surface area contributed by atoms with Gasteiger partial charge in [0.25, 0.3) is 5.91 Å². The second-order valence-corrected chi connectivity index (χ2v) is 7.93. The fraction of sp³-hybridized carbons (Fsp3) is 0.333. The van der Waals surface area contributed by atoms with Crippen LogP contribution < -0.4 is 20.5 Å². The van der Waals surface area contributed by atoms with Crippen LogP contribution in [0.25, 0.3) is 10.2 Å². The molecule has 0 spiro atoms. The van der Waals surface area contributed by atoms with Crippen molar-refractivity contribution in [2.45, 2.75) is 19.9 Å². The molecule has 0 fully saturated rings. The highest BCUT2D eigenvalue weighted by Crippen LogP contribution is 2.36. The molecule has 1 aliphatic rings. The summed E-state index contributed by atoms with van der Waals surface area (Å²) in [6.07, 6.45) is 0.916. The highest BCUT2D eigenvalue weighted by molar-refractivity contribution is 7.21. The predicted molar refractivity (Wildman–Crippen MR) is 116 cm³/mol. The number of benzene rings is 1. The molecular formula is C21H24N4O3S. The average molecular weight is 413 g/mol. The van der Waals surface area contributed by atoms with E-state index in [0.717, 1.165) is 42.0 Å². The topological polar surface area (TPSA) is 89.7 Å². The van der Waals surface area contributed by atoms with Gasteiger partial charge in [0.2, 0.25) is 0 Å². The number of hydrogen-bond donors (Lipinski definition) is 2. The molecule has 0 saturated carbocycles. The number of fused-ring (bicyclic) bond motifs is 2. The fourth-order valence-corrected chi connectivity index (χ4v) is 4.58. The number of thiophene rings is 1. The van der Waals surface area contributed by atoms with Gasteiger partial charge in [-0.05, 0) is 30.3 Å². The van der Waals surface area contributed by atoms with Crippen LogP contribution in [-0.2, 0) is 13.0 Å². The van der Waals surface area contributed by atoms with Crippen molar-refractivity contribution in [2.75, 3.05) is 38.4 Å². The number of amides is 1. The number of nitrogens with two attached hydrogens (primary N) is 1. The van der Waals surface area contributed by atoms with E-state index in [-0.39, 0.29) is 5.91 Å². The van der Waals surface area contributed by atoms with E-state index >= 15 is 0 Å². The molecule has 0 radical (unpaired) electrons. The lowest BCUT2D eigenvalue weighted by Gasteiger charge is -2.26. The summed E-state index contributed by atoms with van der Waals surface area (Å²) in [5, 5.41) is 3.73. The second-order valence-electron chi connectivity index (χ2n) is 6.93. The molecule has 29 heavy (non-hydrogen) atoms. The summed E-state index contributed by atoms with van der Waals surface area (Å²) in [6.45, 7) is 5.04. The van der Waals surface area contributed by atoms with Crippen LogP contribution in [0, 0.1) is 0 Å². The van der Waals surface area contributed by atoms with Crippen molar-refractivity contribution in [1.82, 2.24) is 9.88 Å². The van der Waals surface area contributed by atoms with Crippen LogP contribution in [0.15, 0.2) is 24.3 Å². The lowest BCUT2D eigenvalue weighted by atomic mass is 10.0. The average Bonchev–Trinajstić information content (AvgIpc) is 3.07.